The summed E-state index contributed by atoms with van der Waals surface area (Å²) >= 11 is 1.30. The molecule has 0 aliphatic heterocycles. The Morgan fingerprint density at radius 1 is 1.45 bits per heavy atom. The molecule has 0 unspecified atom stereocenters. The fourth-order valence-electron chi connectivity index (χ4n) is 2.06. The van der Waals surface area contributed by atoms with E-state index in [0.717, 1.165) is 0 Å². The zero-order valence-corrected chi connectivity index (χ0v) is 13.4. The molecule has 1 aromatic heterocycles. The molecule has 0 aliphatic carbocycles. The zero-order chi connectivity index (χ0) is 16.3. The van der Waals surface area contributed by atoms with Crippen molar-refractivity contribution in [2.75, 3.05) is 20.4 Å². The summed E-state index contributed by atoms with van der Waals surface area (Å²) in [6.07, 6.45) is 1.79. The van der Waals surface area contributed by atoms with Gasteiger partial charge in [0.15, 0.2) is 5.16 Å². The molecule has 0 saturated carbocycles. The zero-order valence-electron chi connectivity index (χ0n) is 12.5. The van der Waals surface area contributed by atoms with Crippen molar-refractivity contribution in [3.05, 3.63) is 39.7 Å². The molecular formula is C15H16N4O2S. The van der Waals surface area contributed by atoms with E-state index in [1.165, 1.54) is 11.8 Å². The number of phenolic OH excluding ortho intramolecular Hbond substituents is 1. The third-order valence-electron chi connectivity index (χ3n) is 3.04. The molecule has 2 N–H and O–H groups in total. The number of nitrogens with one attached hydrogen (secondary N) is 1. The number of nitriles is 1. The molecule has 1 heterocycles. The van der Waals surface area contributed by atoms with Gasteiger partial charge in [-0.2, -0.15) is 5.26 Å². The second-order valence-corrected chi connectivity index (χ2v) is 5.79. The van der Waals surface area contributed by atoms with Crippen LogP contribution in [0.3, 0.4) is 0 Å². The highest BCUT2D eigenvalue weighted by molar-refractivity contribution is 7.98. The van der Waals surface area contributed by atoms with E-state index in [9.17, 15) is 15.2 Å². The van der Waals surface area contributed by atoms with Gasteiger partial charge in [-0.25, -0.2) is 4.98 Å². The number of hydrogen-bond donors (Lipinski definition) is 2. The predicted octanol–water partition coefficient (Wildman–Crippen LogP) is 1.80. The van der Waals surface area contributed by atoms with Gasteiger partial charge in [0.25, 0.3) is 5.56 Å². The van der Waals surface area contributed by atoms with E-state index >= 15 is 0 Å². The average molecular weight is 316 g/mol. The highest BCUT2D eigenvalue weighted by atomic mass is 32.2. The Balaban J connectivity index is 2.64. The van der Waals surface area contributed by atoms with Crippen molar-refractivity contribution in [1.29, 1.82) is 5.26 Å². The van der Waals surface area contributed by atoms with Gasteiger partial charge in [0, 0.05) is 17.7 Å². The molecule has 6 nitrogen and oxygen atoms in total. The van der Waals surface area contributed by atoms with Crippen molar-refractivity contribution in [1.82, 2.24) is 14.9 Å². The fraction of sp³-hybridized carbons (Fsp3) is 0.267. The van der Waals surface area contributed by atoms with E-state index in [0.29, 0.717) is 28.5 Å². The molecule has 114 valence electrons. The van der Waals surface area contributed by atoms with Gasteiger partial charge in [-0.1, -0.05) is 11.8 Å². The molecule has 2 aromatic rings. The number of nitrogens with zero attached hydrogens (tertiary/aromatic N) is 3. The maximum Gasteiger partial charge on any atom is 0.270 e. The van der Waals surface area contributed by atoms with Crippen LogP contribution in [0, 0.1) is 11.3 Å². The van der Waals surface area contributed by atoms with Gasteiger partial charge in [0.05, 0.1) is 5.69 Å². The van der Waals surface area contributed by atoms with Gasteiger partial charge in [0.1, 0.15) is 17.4 Å². The van der Waals surface area contributed by atoms with Crippen LogP contribution in [0.15, 0.2) is 28.2 Å². The maximum absolute atomic E-state index is 12.0. The molecule has 7 heteroatoms. The summed E-state index contributed by atoms with van der Waals surface area (Å²) in [7, 11) is 3.79. The second-order valence-electron chi connectivity index (χ2n) is 4.99. The molecule has 0 radical (unpaired) electrons. The molecule has 1 aromatic carbocycles. The van der Waals surface area contributed by atoms with Gasteiger partial charge in [-0.05, 0) is 38.6 Å². The molecular weight excluding hydrogens is 300 g/mol. The standard InChI is InChI=1S/C15H16N4O2S/c1-19(2)8-10-6-9(4-5-12(10)20)13-11(7-16)14(21)18-15(17-13)22-3/h4-6,20H,8H2,1-3H3,(H,17,18,21). The highest BCUT2D eigenvalue weighted by Gasteiger charge is 2.15. The largest absolute Gasteiger partial charge is 0.508 e. The third-order valence-corrected chi connectivity index (χ3v) is 3.62. The Labute approximate surface area is 132 Å². The van der Waals surface area contributed by atoms with E-state index in [2.05, 4.69) is 9.97 Å². The summed E-state index contributed by atoms with van der Waals surface area (Å²) in [5.74, 6) is 0.172. The van der Waals surface area contributed by atoms with Crippen molar-refractivity contribution < 1.29 is 5.11 Å². The first-order valence-corrected chi connectivity index (χ1v) is 7.74. The smallest absolute Gasteiger partial charge is 0.270 e. The summed E-state index contributed by atoms with van der Waals surface area (Å²) < 4.78 is 0. The van der Waals surface area contributed by atoms with Crippen molar-refractivity contribution >= 4 is 11.8 Å². The third kappa shape index (κ3) is 3.30. The first-order chi connectivity index (χ1) is 10.5. The van der Waals surface area contributed by atoms with E-state index in [-0.39, 0.29) is 11.3 Å². The molecule has 0 amide bonds. The van der Waals surface area contributed by atoms with E-state index in [1.807, 2.05) is 25.1 Å². The monoisotopic (exact) mass is 316 g/mol. The predicted molar refractivity (Wildman–Crippen MR) is 85.8 cm³/mol. The van der Waals surface area contributed by atoms with Crippen LogP contribution in [0.1, 0.15) is 11.1 Å². The van der Waals surface area contributed by atoms with Gasteiger partial charge >= 0.3 is 0 Å². The van der Waals surface area contributed by atoms with Gasteiger partial charge in [0.2, 0.25) is 0 Å². The number of phenols is 1. The molecule has 0 fully saturated rings. The topological polar surface area (TPSA) is 93.0 Å². The number of aromatic amines is 1. The SMILES string of the molecule is CSc1nc(-c2ccc(O)c(CN(C)C)c2)c(C#N)c(=O)[nH]1. The lowest BCUT2D eigenvalue weighted by Gasteiger charge is -2.13. The summed E-state index contributed by atoms with van der Waals surface area (Å²) in [6, 6.07) is 6.86. The minimum Gasteiger partial charge on any atom is -0.508 e. The van der Waals surface area contributed by atoms with Crippen LogP contribution >= 0.6 is 11.8 Å². The van der Waals surface area contributed by atoms with Crippen molar-refractivity contribution in [3.63, 3.8) is 0 Å². The minimum absolute atomic E-state index is 0.0284. The van der Waals surface area contributed by atoms with Gasteiger partial charge < -0.3 is 15.0 Å². The molecule has 0 aliphatic rings. The van der Waals surface area contributed by atoms with Crippen molar-refractivity contribution in [2.24, 2.45) is 0 Å². The quantitative estimate of drug-likeness (QED) is 0.660. The van der Waals surface area contributed by atoms with Crippen LogP contribution in [-0.4, -0.2) is 40.3 Å². The number of thioether (sulfide) groups is 1. The van der Waals surface area contributed by atoms with Crippen molar-refractivity contribution in [3.8, 4) is 23.1 Å². The van der Waals surface area contributed by atoms with Gasteiger partial charge in [-0.3, -0.25) is 4.79 Å². The molecule has 0 bridgehead atoms. The fourth-order valence-corrected chi connectivity index (χ4v) is 2.44. The molecule has 2 rings (SSSR count). The lowest BCUT2D eigenvalue weighted by molar-refractivity contribution is 0.386. The van der Waals surface area contributed by atoms with Crippen LogP contribution in [0.5, 0.6) is 5.75 Å². The van der Waals surface area contributed by atoms with Crippen LogP contribution in [0.4, 0.5) is 0 Å². The lowest BCUT2D eigenvalue weighted by Crippen LogP contribution is -2.15. The summed E-state index contributed by atoms with van der Waals surface area (Å²) in [5, 5.41) is 19.6. The Hall–Kier alpha value is -2.30. The van der Waals surface area contributed by atoms with E-state index in [4.69, 9.17) is 0 Å². The Morgan fingerprint density at radius 3 is 2.77 bits per heavy atom. The van der Waals surface area contributed by atoms with Crippen molar-refractivity contribution in [2.45, 2.75) is 11.7 Å². The number of aromatic hydroxyl groups is 1. The normalized spacial score (nSPS) is 10.7. The number of aromatic nitrogens is 2. The molecule has 0 spiro atoms. The Kier molecular flexibility index (Phi) is 4.85. The summed E-state index contributed by atoms with van der Waals surface area (Å²) in [4.78, 5) is 20.8. The first-order valence-electron chi connectivity index (χ1n) is 6.51. The van der Waals surface area contributed by atoms with Gasteiger partial charge in [-0.15, -0.1) is 0 Å². The number of rotatable bonds is 4. The summed E-state index contributed by atoms with van der Waals surface area (Å²) in [6.45, 7) is 0.542. The first kappa shape index (κ1) is 16.1. The van der Waals surface area contributed by atoms with Crippen LogP contribution in [-0.2, 0) is 6.54 Å². The van der Waals surface area contributed by atoms with Crippen LogP contribution in [0.25, 0.3) is 11.3 Å². The number of hydrogen-bond acceptors (Lipinski definition) is 6. The molecule has 22 heavy (non-hydrogen) atoms. The highest BCUT2D eigenvalue weighted by Crippen LogP contribution is 2.27. The minimum atomic E-state index is -0.459. The number of benzene rings is 1. The van der Waals surface area contributed by atoms with E-state index in [1.54, 1.807) is 24.5 Å². The molecule has 0 atom stereocenters. The average Bonchev–Trinajstić information content (AvgIpc) is 2.48. The van der Waals surface area contributed by atoms with Crippen LogP contribution < -0.4 is 5.56 Å². The van der Waals surface area contributed by atoms with E-state index < -0.39 is 5.56 Å². The Bertz CT molecular complexity index is 793. The van der Waals surface area contributed by atoms with Crippen LogP contribution in [0.2, 0.25) is 0 Å². The molecule has 0 saturated heterocycles. The Morgan fingerprint density at radius 2 is 2.18 bits per heavy atom. The second kappa shape index (κ2) is 6.64. The maximum atomic E-state index is 12.0. The number of H-pyrrole nitrogens is 1. The lowest BCUT2D eigenvalue weighted by atomic mass is 10.0. The summed E-state index contributed by atoms with van der Waals surface area (Å²) in [5.41, 5.74) is 1.18.